The van der Waals surface area contributed by atoms with Crippen molar-refractivity contribution in [2.24, 2.45) is 0 Å². The van der Waals surface area contributed by atoms with Crippen LogP contribution in [0, 0.1) is 0 Å². The molecule has 0 bridgehead atoms. The first-order chi connectivity index (χ1) is 11.9. The number of hydrogen-bond acceptors (Lipinski definition) is 2. The third-order valence-corrected chi connectivity index (χ3v) is 5.20. The molecule has 4 rings (SSSR count). The van der Waals surface area contributed by atoms with Crippen LogP contribution in [0.25, 0.3) is 12.2 Å². The Morgan fingerprint density at radius 1 is 0.667 bits per heavy atom. The van der Waals surface area contributed by atoms with Crippen molar-refractivity contribution < 1.29 is 0 Å². The number of fused-ring (bicyclic) bond motifs is 2. The molecule has 2 aromatic rings. The van der Waals surface area contributed by atoms with Crippen molar-refractivity contribution >= 4 is 23.5 Å². The van der Waals surface area contributed by atoms with Gasteiger partial charge in [-0.15, -0.1) is 0 Å². The molecule has 0 unspecified atom stereocenters. The maximum Gasteiger partial charge on any atom is 0.0484 e. The van der Waals surface area contributed by atoms with Crippen LogP contribution in [0.4, 0.5) is 11.4 Å². The van der Waals surface area contributed by atoms with Crippen LogP contribution in [0.3, 0.4) is 0 Å². The fourth-order valence-electron chi connectivity index (χ4n) is 3.91. The summed E-state index contributed by atoms with van der Waals surface area (Å²) in [4.78, 5) is 5.13. The average molecular weight is 318 g/mol. The lowest BCUT2D eigenvalue weighted by molar-refractivity contribution is 0.331. The van der Waals surface area contributed by atoms with E-state index in [1.54, 1.807) is 0 Å². The quantitative estimate of drug-likeness (QED) is 0.700. The summed E-state index contributed by atoms with van der Waals surface area (Å²) in [5, 5.41) is 0. The molecule has 0 saturated carbocycles. The molecule has 2 heteroatoms. The Labute approximate surface area is 145 Å². The Hall–Kier alpha value is -2.06. The molecular weight excluding hydrogens is 292 g/mol. The zero-order valence-corrected chi connectivity index (χ0v) is 14.3. The number of benzene rings is 2. The van der Waals surface area contributed by atoms with Crippen molar-refractivity contribution in [1.29, 1.82) is 0 Å². The second-order valence-corrected chi connectivity index (χ2v) is 6.86. The first kappa shape index (κ1) is 15.5. The van der Waals surface area contributed by atoms with Gasteiger partial charge in [-0.1, -0.05) is 48.6 Å². The molecule has 124 valence electrons. The zero-order chi connectivity index (χ0) is 16.2. The van der Waals surface area contributed by atoms with E-state index in [0.717, 1.165) is 6.54 Å². The number of para-hydroxylation sites is 2. The monoisotopic (exact) mass is 318 g/mol. The molecule has 0 spiro atoms. The van der Waals surface area contributed by atoms with E-state index in [4.69, 9.17) is 0 Å². The Kier molecular flexibility index (Phi) is 4.66. The maximum absolute atomic E-state index is 2.62. The van der Waals surface area contributed by atoms with E-state index < -0.39 is 0 Å². The fraction of sp³-hybridized carbons (Fsp3) is 0.364. The fourth-order valence-corrected chi connectivity index (χ4v) is 3.91. The minimum Gasteiger partial charge on any atom is -0.341 e. The van der Waals surface area contributed by atoms with Crippen molar-refractivity contribution in [2.75, 3.05) is 31.1 Å². The first-order valence-electron chi connectivity index (χ1n) is 9.28. The molecule has 2 nitrogen and oxygen atoms in total. The predicted octanol–water partition coefficient (Wildman–Crippen LogP) is 5.18. The lowest BCUT2D eigenvalue weighted by Gasteiger charge is -2.27. The van der Waals surface area contributed by atoms with Crippen LogP contribution in [0.2, 0.25) is 0 Å². The molecule has 2 aromatic carbocycles. The highest BCUT2D eigenvalue weighted by Crippen LogP contribution is 2.36. The van der Waals surface area contributed by atoms with E-state index in [-0.39, 0.29) is 0 Å². The van der Waals surface area contributed by atoms with E-state index in [0.29, 0.717) is 0 Å². The van der Waals surface area contributed by atoms with Gasteiger partial charge >= 0.3 is 0 Å². The second kappa shape index (κ2) is 7.23. The molecule has 24 heavy (non-hydrogen) atoms. The van der Waals surface area contributed by atoms with Gasteiger partial charge in [0.1, 0.15) is 0 Å². The van der Waals surface area contributed by atoms with Crippen LogP contribution in [-0.2, 0) is 0 Å². The normalized spacial score (nSPS) is 16.8. The summed E-state index contributed by atoms with van der Waals surface area (Å²) >= 11 is 0. The van der Waals surface area contributed by atoms with Gasteiger partial charge in [0, 0.05) is 17.9 Å². The highest BCUT2D eigenvalue weighted by molar-refractivity contribution is 5.88. The Bertz CT molecular complexity index is 664. The molecule has 2 aliphatic heterocycles. The lowest BCUT2D eigenvalue weighted by Crippen LogP contribution is -2.23. The number of anilines is 2. The van der Waals surface area contributed by atoms with E-state index in [9.17, 15) is 0 Å². The molecule has 0 aromatic heterocycles. The minimum atomic E-state index is 1.09. The molecular formula is C22H26N2. The van der Waals surface area contributed by atoms with Gasteiger partial charge < -0.3 is 9.80 Å². The van der Waals surface area contributed by atoms with Crippen LogP contribution in [0.1, 0.15) is 36.8 Å². The smallest absolute Gasteiger partial charge is 0.0484 e. The van der Waals surface area contributed by atoms with E-state index in [2.05, 4.69) is 70.5 Å². The van der Waals surface area contributed by atoms with Crippen molar-refractivity contribution in [3.63, 3.8) is 0 Å². The van der Waals surface area contributed by atoms with Gasteiger partial charge in [0.05, 0.1) is 0 Å². The standard InChI is InChI=1S/C22H26N2/c1-3-11-21-19(9-1)13-14-20-10-2-4-12-22(20)24(21)18-8-7-17-23-15-5-6-16-23/h1-4,9-14H,5-8,15-18H2. The number of rotatable bonds is 5. The van der Waals surface area contributed by atoms with Crippen LogP contribution < -0.4 is 4.90 Å². The summed E-state index contributed by atoms with van der Waals surface area (Å²) < 4.78 is 0. The summed E-state index contributed by atoms with van der Waals surface area (Å²) in [6.07, 6.45) is 9.79. The predicted molar refractivity (Wildman–Crippen MR) is 104 cm³/mol. The number of hydrogen-bond donors (Lipinski definition) is 0. The van der Waals surface area contributed by atoms with Crippen molar-refractivity contribution in [1.82, 2.24) is 4.90 Å². The summed E-state index contributed by atoms with van der Waals surface area (Å²) in [5.74, 6) is 0. The molecule has 0 atom stereocenters. The van der Waals surface area contributed by atoms with Gasteiger partial charge in [-0.05, 0) is 68.6 Å². The first-order valence-corrected chi connectivity index (χ1v) is 9.28. The van der Waals surface area contributed by atoms with Crippen LogP contribution in [0.5, 0.6) is 0 Å². The van der Waals surface area contributed by atoms with E-state index >= 15 is 0 Å². The Morgan fingerprint density at radius 3 is 1.83 bits per heavy atom. The topological polar surface area (TPSA) is 6.48 Å². The Balaban J connectivity index is 1.51. The van der Waals surface area contributed by atoms with Gasteiger partial charge in [-0.25, -0.2) is 0 Å². The molecule has 2 aliphatic rings. The molecule has 2 heterocycles. The number of unbranched alkanes of at least 4 members (excludes halogenated alkanes) is 1. The third kappa shape index (κ3) is 3.25. The molecule has 0 radical (unpaired) electrons. The van der Waals surface area contributed by atoms with Crippen LogP contribution in [-0.4, -0.2) is 31.1 Å². The molecule has 0 N–H and O–H groups in total. The van der Waals surface area contributed by atoms with E-state index in [1.165, 1.54) is 67.8 Å². The van der Waals surface area contributed by atoms with Crippen LogP contribution in [0.15, 0.2) is 48.5 Å². The highest BCUT2D eigenvalue weighted by atomic mass is 15.1. The summed E-state index contributed by atoms with van der Waals surface area (Å²) in [6.45, 7) is 4.96. The van der Waals surface area contributed by atoms with Crippen LogP contribution >= 0.6 is 0 Å². The van der Waals surface area contributed by atoms with Crippen molar-refractivity contribution in [3.05, 3.63) is 59.7 Å². The van der Waals surface area contributed by atoms with Gasteiger partial charge in [0.25, 0.3) is 0 Å². The van der Waals surface area contributed by atoms with Gasteiger partial charge in [-0.3, -0.25) is 0 Å². The largest absolute Gasteiger partial charge is 0.341 e. The Morgan fingerprint density at radius 2 is 1.21 bits per heavy atom. The zero-order valence-electron chi connectivity index (χ0n) is 14.3. The number of nitrogens with zero attached hydrogens (tertiary/aromatic N) is 2. The van der Waals surface area contributed by atoms with Gasteiger partial charge in [-0.2, -0.15) is 0 Å². The summed E-state index contributed by atoms with van der Waals surface area (Å²) in [5.41, 5.74) is 5.29. The number of likely N-dealkylation sites (tertiary alicyclic amines) is 1. The van der Waals surface area contributed by atoms with Gasteiger partial charge in [0.15, 0.2) is 0 Å². The molecule has 1 fully saturated rings. The van der Waals surface area contributed by atoms with E-state index in [1.807, 2.05) is 0 Å². The molecule has 0 aliphatic carbocycles. The minimum absolute atomic E-state index is 1.09. The van der Waals surface area contributed by atoms with Crippen molar-refractivity contribution in [2.45, 2.75) is 25.7 Å². The SMILES string of the molecule is C1=Cc2ccccc2N(CCCCN2CCCC2)c2ccccc21. The second-order valence-electron chi connectivity index (χ2n) is 6.86. The summed E-state index contributed by atoms with van der Waals surface area (Å²) in [6, 6.07) is 17.5. The molecule has 1 saturated heterocycles. The summed E-state index contributed by atoms with van der Waals surface area (Å²) in [7, 11) is 0. The average Bonchev–Trinajstić information content (AvgIpc) is 3.09. The van der Waals surface area contributed by atoms with Gasteiger partial charge in [0.2, 0.25) is 0 Å². The third-order valence-electron chi connectivity index (χ3n) is 5.20. The van der Waals surface area contributed by atoms with Crippen molar-refractivity contribution in [3.8, 4) is 0 Å². The highest BCUT2D eigenvalue weighted by Gasteiger charge is 2.17. The maximum atomic E-state index is 2.62. The lowest BCUT2D eigenvalue weighted by atomic mass is 10.1. The molecule has 0 amide bonds.